The molecule has 0 aromatic heterocycles. The maximum atomic E-state index is 12.0. The average Bonchev–Trinajstić information content (AvgIpc) is 2.22. The zero-order valence-corrected chi connectivity index (χ0v) is 11.1. The number of rotatable bonds is 7. The SMILES string of the molecule is CC/C=C(/C)C(=O)N(CCN(C)C)CC(=O)O. The molecule has 0 bridgehead atoms. The van der Waals surface area contributed by atoms with E-state index in [1.165, 1.54) is 4.90 Å². The van der Waals surface area contributed by atoms with Crippen LogP contribution in [0.15, 0.2) is 11.6 Å². The van der Waals surface area contributed by atoms with Crippen molar-refractivity contribution in [1.29, 1.82) is 0 Å². The van der Waals surface area contributed by atoms with Crippen molar-refractivity contribution >= 4 is 11.9 Å². The van der Waals surface area contributed by atoms with Crippen LogP contribution >= 0.6 is 0 Å². The van der Waals surface area contributed by atoms with Crippen LogP contribution in [-0.2, 0) is 9.59 Å². The zero-order chi connectivity index (χ0) is 13.4. The van der Waals surface area contributed by atoms with Gasteiger partial charge in [-0.2, -0.15) is 0 Å². The Bertz CT molecular complexity index is 298. The van der Waals surface area contributed by atoms with E-state index in [9.17, 15) is 9.59 Å². The predicted molar refractivity (Wildman–Crippen MR) is 66.8 cm³/mol. The van der Waals surface area contributed by atoms with Gasteiger partial charge >= 0.3 is 5.97 Å². The smallest absolute Gasteiger partial charge is 0.323 e. The number of carboxylic acids is 1. The van der Waals surface area contributed by atoms with Crippen molar-refractivity contribution in [3.8, 4) is 0 Å². The molecular weight excluding hydrogens is 220 g/mol. The average molecular weight is 242 g/mol. The van der Waals surface area contributed by atoms with Gasteiger partial charge in [0.1, 0.15) is 6.54 Å². The summed E-state index contributed by atoms with van der Waals surface area (Å²) in [6.07, 6.45) is 2.58. The van der Waals surface area contributed by atoms with Gasteiger partial charge in [-0.1, -0.05) is 13.0 Å². The number of allylic oxidation sites excluding steroid dienone is 1. The fourth-order valence-electron chi connectivity index (χ4n) is 1.38. The zero-order valence-electron chi connectivity index (χ0n) is 11.1. The molecule has 98 valence electrons. The van der Waals surface area contributed by atoms with Crippen molar-refractivity contribution in [3.63, 3.8) is 0 Å². The fourth-order valence-corrected chi connectivity index (χ4v) is 1.38. The number of carbonyl (C=O) groups is 2. The lowest BCUT2D eigenvalue weighted by Crippen LogP contribution is -2.40. The molecule has 5 heteroatoms. The number of aliphatic carboxylic acids is 1. The Kier molecular flexibility index (Phi) is 7.21. The highest BCUT2D eigenvalue weighted by molar-refractivity contribution is 5.94. The Morgan fingerprint density at radius 2 is 1.82 bits per heavy atom. The summed E-state index contributed by atoms with van der Waals surface area (Å²) in [5.74, 6) is -1.18. The van der Waals surface area contributed by atoms with E-state index in [1.807, 2.05) is 32.0 Å². The molecule has 1 amide bonds. The molecule has 0 saturated heterocycles. The molecule has 0 rings (SSSR count). The first kappa shape index (κ1) is 15.6. The summed E-state index contributed by atoms with van der Waals surface area (Å²) in [4.78, 5) is 26.0. The van der Waals surface area contributed by atoms with Crippen molar-refractivity contribution in [2.75, 3.05) is 33.7 Å². The van der Waals surface area contributed by atoms with Gasteiger partial charge in [0.15, 0.2) is 0 Å². The van der Waals surface area contributed by atoms with Crippen LogP contribution in [0.3, 0.4) is 0 Å². The second kappa shape index (κ2) is 7.84. The molecule has 0 aromatic rings. The highest BCUT2D eigenvalue weighted by Gasteiger charge is 2.17. The normalized spacial score (nSPS) is 11.7. The van der Waals surface area contributed by atoms with Gasteiger partial charge in [-0.3, -0.25) is 9.59 Å². The second-order valence-electron chi connectivity index (χ2n) is 4.22. The minimum absolute atomic E-state index is 0.198. The van der Waals surface area contributed by atoms with Crippen LogP contribution in [0.25, 0.3) is 0 Å². The molecule has 0 radical (unpaired) electrons. The maximum Gasteiger partial charge on any atom is 0.323 e. The third-order valence-electron chi connectivity index (χ3n) is 2.28. The van der Waals surface area contributed by atoms with E-state index in [4.69, 9.17) is 5.11 Å². The van der Waals surface area contributed by atoms with E-state index in [0.717, 1.165) is 6.42 Å². The molecule has 0 aliphatic carbocycles. The van der Waals surface area contributed by atoms with E-state index in [-0.39, 0.29) is 12.5 Å². The summed E-state index contributed by atoms with van der Waals surface area (Å²) >= 11 is 0. The van der Waals surface area contributed by atoms with Gasteiger partial charge in [-0.15, -0.1) is 0 Å². The molecule has 0 saturated carbocycles. The molecule has 0 aromatic carbocycles. The Morgan fingerprint density at radius 3 is 2.24 bits per heavy atom. The largest absolute Gasteiger partial charge is 0.480 e. The van der Waals surface area contributed by atoms with E-state index in [2.05, 4.69) is 0 Å². The number of carboxylic acid groups (broad SMARTS) is 1. The Hall–Kier alpha value is -1.36. The van der Waals surface area contributed by atoms with Gasteiger partial charge in [0.25, 0.3) is 0 Å². The lowest BCUT2D eigenvalue weighted by Gasteiger charge is -2.23. The van der Waals surface area contributed by atoms with Crippen LogP contribution in [0.2, 0.25) is 0 Å². The maximum absolute atomic E-state index is 12.0. The van der Waals surface area contributed by atoms with Crippen molar-refractivity contribution in [3.05, 3.63) is 11.6 Å². The number of carbonyl (C=O) groups excluding carboxylic acids is 1. The lowest BCUT2D eigenvalue weighted by molar-refractivity contribution is -0.143. The third-order valence-corrected chi connectivity index (χ3v) is 2.28. The number of amides is 1. The molecule has 17 heavy (non-hydrogen) atoms. The summed E-state index contributed by atoms with van der Waals surface area (Å²) in [5, 5.41) is 8.78. The minimum atomic E-state index is -0.985. The first-order valence-corrected chi connectivity index (χ1v) is 5.71. The lowest BCUT2D eigenvalue weighted by atomic mass is 10.2. The van der Waals surface area contributed by atoms with Crippen LogP contribution in [0.4, 0.5) is 0 Å². The molecule has 0 aliphatic rings. The van der Waals surface area contributed by atoms with Crippen LogP contribution in [0.1, 0.15) is 20.3 Å². The number of hydrogen-bond acceptors (Lipinski definition) is 3. The summed E-state index contributed by atoms with van der Waals surface area (Å²) in [7, 11) is 3.77. The molecule has 0 atom stereocenters. The Balaban J connectivity index is 4.61. The van der Waals surface area contributed by atoms with Gasteiger partial charge in [0, 0.05) is 18.7 Å². The van der Waals surface area contributed by atoms with E-state index in [1.54, 1.807) is 6.92 Å². The highest BCUT2D eigenvalue weighted by atomic mass is 16.4. The molecule has 1 N–H and O–H groups in total. The quantitative estimate of drug-likeness (QED) is 0.671. The van der Waals surface area contributed by atoms with Crippen molar-refractivity contribution < 1.29 is 14.7 Å². The van der Waals surface area contributed by atoms with E-state index >= 15 is 0 Å². The highest BCUT2D eigenvalue weighted by Crippen LogP contribution is 2.03. The van der Waals surface area contributed by atoms with Crippen LogP contribution in [0, 0.1) is 0 Å². The van der Waals surface area contributed by atoms with Crippen molar-refractivity contribution in [2.24, 2.45) is 0 Å². The second-order valence-corrected chi connectivity index (χ2v) is 4.22. The van der Waals surface area contributed by atoms with Gasteiger partial charge in [-0.25, -0.2) is 0 Å². The van der Waals surface area contributed by atoms with Crippen molar-refractivity contribution in [1.82, 2.24) is 9.80 Å². The fraction of sp³-hybridized carbons (Fsp3) is 0.667. The molecule has 0 fully saturated rings. The van der Waals surface area contributed by atoms with E-state index in [0.29, 0.717) is 18.7 Å². The van der Waals surface area contributed by atoms with Crippen molar-refractivity contribution in [2.45, 2.75) is 20.3 Å². The minimum Gasteiger partial charge on any atom is -0.480 e. The van der Waals surface area contributed by atoms with Gasteiger partial charge in [0.05, 0.1) is 0 Å². The monoisotopic (exact) mass is 242 g/mol. The number of hydrogen-bond donors (Lipinski definition) is 1. The predicted octanol–water partition coefficient (Wildman–Crippen LogP) is 0.818. The molecule has 5 nitrogen and oxygen atoms in total. The van der Waals surface area contributed by atoms with Gasteiger partial charge in [-0.05, 0) is 27.4 Å². The molecule has 0 heterocycles. The van der Waals surface area contributed by atoms with Crippen LogP contribution < -0.4 is 0 Å². The number of likely N-dealkylation sites (N-methyl/N-ethyl adjacent to an activating group) is 1. The summed E-state index contributed by atoms with van der Waals surface area (Å²) in [6.45, 7) is 4.49. The molecular formula is C12H22N2O3. The molecule has 0 spiro atoms. The summed E-state index contributed by atoms with van der Waals surface area (Å²) < 4.78 is 0. The third kappa shape index (κ3) is 6.73. The van der Waals surface area contributed by atoms with E-state index < -0.39 is 5.97 Å². The first-order valence-electron chi connectivity index (χ1n) is 5.71. The summed E-state index contributed by atoms with van der Waals surface area (Å²) in [5.41, 5.74) is 0.604. The van der Waals surface area contributed by atoms with Crippen LogP contribution in [-0.4, -0.2) is 60.5 Å². The van der Waals surface area contributed by atoms with Crippen LogP contribution in [0.5, 0.6) is 0 Å². The number of nitrogens with zero attached hydrogens (tertiary/aromatic N) is 2. The Labute approximate surface area is 103 Å². The summed E-state index contributed by atoms with van der Waals surface area (Å²) in [6, 6.07) is 0. The molecule has 0 unspecified atom stereocenters. The topological polar surface area (TPSA) is 60.9 Å². The Morgan fingerprint density at radius 1 is 1.24 bits per heavy atom. The van der Waals surface area contributed by atoms with Gasteiger partial charge in [0.2, 0.25) is 5.91 Å². The first-order chi connectivity index (χ1) is 7.88. The molecule has 0 aliphatic heterocycles. The van der Waals surface area contributed by atoms with Gasteiger partial charge < -0.3 is 14.9 Å². The standard InChI is InChI=1S/C12H22N2O3/c1-5-6-10(2)12(17)14(9-11(15)16)8-7-13(3)4/h6H,5,7-9H2,1-4H3,(H,15,16)/b10-6-.